The van der Waals surface area contributed by atoms with E-state index in [0.29, 0.717) is 10.8 Å². The third-order valence-electron chi connectivity index (χ3n) is 15.6. The van der Waals surface area contributed by atoms with Crippen LogP contribution in [-0.4, -0.2) is 18.8 Å². The summed E-state index contributed by atoms with van der Waals surface area (Å²) >= 11 is 0. The number of hydrogen-bond donors (Lipinski definition) is 0. The highest BCUT2D eigenvalue weighted by molar-refractivity contribution is 6.21. The molecular weight excluding hydrogens is 977 g/mol. The van der Waals surface area contributed by atoms with E-state index >= 15 is 0 Å². The quantitative estimate of drug-likeness (QED) is 0.156. The molecule has 378 valence electrons. The molecule has 0 N–H and O–H groups in total. The van der Waals surface area contributed by atoms with Gasteiger partial charge in [-0.05, 0) is 145 Å². The lowest BCUT2D eigenvalue weighted by Gasteiger charge is -2.13. The predicted octanol–water partition coefficient (Wildman–Crippen LogP) is 18.2. The second-order valence-corrected chi connectivity index (χ2v) is 20.0. The Hall–Kier alpha value is -10.6. The van der Waals surface area contributed by atoms with Crippen LogP contribution in [0.5, 0.6) is 0 Å². The highest BCUT2D eigenvalue weighted by Crippen LogP contribution is 2.40. The summed E-state index contributed by atoms with van der Waals surface area (Å²) in [5, 5.41) is 8.54. The van der Waals surface area contributed by atoms with E-state index in [0.717, 1.165) is 104 Å². The normalized spacial score (nSPS) is 11.5. The van der Waals surface area contributed by atoms with E-state index < -0.39 is 0 Å². The average molecular weight is 1030 g/mol. The Kier molecular flexibility index (Phi) is 11.8. The summed E-state index contributed by atoms with van der Waals surface area (Å²) in [6.45, 7) is 4.00. The summed E-state index contributed by atoms with van der Waals surface area (Å²) in [5.74, 6) is 0. The van der Waals surface area contributed by atoms with Crippen LogP contribution in [0.25, 0.3) is 143 Å². The molecule has 0 aliphatic carbocycles. The van der Waals surface area contributed by atoms with Crippen LogP contribution in [0.4, 0.5) is 0 Å². The number of pyridine rings is 4. The fourth-order valence-corrected chi connectivity index (χ4v) is 11.9. The van der Waals surface area contributed by atoms with Gasteiger partial charge in [-0.2, -0.15) is 0 Å². The molecule has 16 aromatic rings. The van der Waals surface area contributed by atoms with Gasteiger partial charge in [0.15, 0.2) is 0 Å². The minimum Gasteiger partial charge on any atom is -0.275 e. The first-order chi connectivity index (χ1) is 39.5. The Morgan fingerprint density at radius 1 is 0.275 bits per heavy atom. The van der Waals surface area contributed by atoms with Crippen LogP contribution in [0.3, 0.4) is 0 Å². The van der Waals surface area contributed by atoms with Gasteiger partial charge in [-0.1, -0.05) is 190 Å². The number of hydrogen-bond acceptors (Lipinski definition) is 4. The van der Waals surface area contributed by atoms with Gasteiger partial charge in [0.2, 0.25) is 0 Å². The third kappa shape index (κ3) is 7.96. The average Bonchev–Trinajstić information content (AvgIpc) is 4.22. The Morgan fingerprint density at radius 2 is 0.650 bits per heavy atom. The summed E-state index contributed by atoms with van der Waals surface area (Å²) in [4.78, 5) is 36.1. The van der Waals surface area contributed by atoms with Gasteiger partial charge >= 0.3 is 0 Å². The molecule has 0 fully saturated rings. The highest BCUT2D eigenvalue weighted by atomic mass is 16.1. The summed E-state index contributed by atoms with van der Waals surface area (Å²) in [6, 6.07) is 86.7. The Labute approximate surface area is 461 Å². The van der Waals surface area contributed by atoms with Crippen molar-refractivity contribution in [3.8, 4) is 66.8 Å². The zero-order valence-electron chi connectivity index (χ0n) is 44.0. The van der Waals surface area contributed by atoms with Crippen molar-refractivity contribution >= 4 is 76.1 Å². The summed E-state index contributed by atoms with van der Waals surface area (Å²) in [5.41, 5.74) is 18.4. The number of fused-ring (bicyclic) bond motifs is 10. The molecule has 6 heterocycles. The molecule has 0 spiro atoms. The topological polar surface area (TPSA) is 68.7 Å². The SMILES string of the molecule is CC.O=c1c2ccccc2c2nccc3c4cc(-c5cc(-c6cccc(-c7ccccc7)c6)cc(-c6cccc(-c7ccccc7)c6)c5)ccc4n1c32.O=c1c2cnccc2c2cccc3c4cc(-c5ccccc5)ccc4n1c23. The van der Waals surface area contributed by atoms with E-state index in [2.05, 4.69) is 199 Å². The molecule has 0 aliphatic rings. The van der Waals surface area contributed by atoms with Crippen molar-refractivity contribution in [1.82, 2.24) is 18.8 Å². The molecule has 0 aliphatic heterocycles. The van der Waals surface area contributed by atoms with Crippen molar-refractivity contribution < 1.29 is 0 Å². The largest absolute Gasteiger partial charge is 0.275 e. The van der Waals surface area contributed by atoms with Crippen LogP contribution in [0, 0.1) is 0 Å². The van der Waals surface area contributed by atoms with E-state index in [1.54, 1.807) is 12.4 Å². The first-order valence-corrected chi connectivity index (χ1v) is 27.2. The van der Waals surface area contributed by atoms with Crippen LogP contribution in [0.1, 0.15) is 13.8 Å². The molecule has 6 aromatic heterocycles. The summed E-state index contributed by atoms with van der Waals surface area (Å²) < 4.78 is 3.70. The van der Waals surface area contributed by atoms with Crippen molar-refractivity contribution in [3.05, 3.63) is 288 Å². The minimum absolute atomic E-state index is 0.00994. The standard InChI is InChI=1S/C48H30N2O.C24H14N2O.C2H6/c51-48-43-20-8-7-19-41(43)46-47-42(23-24-49-46)44-30-37(21-22-45(44)50(47)48)40-28-38(35-17-9-15-33(25-35)31-11-3-1-4-12-31)27-39(29-40)36-18-10-16-34(26-36)32-13-5-2-6-14-32;27-24-21-14-25-12-11-17(21)18-7-4-8-19-20-13-16(15-5-2-1-3-6-15)9-10-22(20)26(24)23(18)19;1-2/h1-30H;1-14H;1-2H3. The molecule has 0 radical (unpaired) electrons. The molecule has 0 saturated carbocycles. The second kappa shape index (κ2) is 19.8. The van der Waals surface area contributed by atoms with Gasteiger partial charge in [-0.15, -0.1) is 0 Å². The van der Waals surface area contributed by atoms with E-state index in [4.69, 9.17) is 4.98 Å². The van der Waals surface area contributed by atoms with Gasteiger partial charge in [-0.25, -0.2) is 0 Å². The predicted molar refractivity (Wildman–Crippen MR) is 334 cm³/mol. The van der Waals surface area contributed by atoms with Crippen molar-refractivity contribution in [2.75, 3.05) is 0 Å². The smallest absolute Gasteiger partial charge is 0.265 e. The zero-order valence-corrected chi connectivity index (χ0v) is 44.0. The zero-order chi connectivity index (χ0) is 53.8. The lowest BCUT2D eigenvalue weighted by atomic mass is 9.91. The maximum Gasteiger partial charge on any atom is 0.265 e. The molecule has 6 nitrogen and oxygen atoms in total. The Bertz CT molecular complexity index is 5030. The number of rotatable bonds is 6. The molecule has 0 bridgehead atoms. The molecule has 0 amide bonds. The van der Waals surface area contributed by atoms with E-state index in [-0.39, 0.29) is 11.1 Å². The number of aromatic nitrogens is 4. The van der Waals surface area contributed by atoms with Gasteiger partial charge in [0.1, 0.15) is 0 Å². The number of nitrogens with zero attached hydrogens (tertiary/aromatic N) is 4. The van der Waals surface area contributed by atoms with E-state index in [9.17, 15) is 9.59 Å². The van der Waals surface area contributed by atoms with Gasteiger partial charge in [0.25, 0.3) is 11.1 Å². The Balaban J connectivity index is 0.000000167. The number of benzene rings is 10. The van der Waals surface area contributed by atoms with E-state index in [1.165, 1.54) is 27.8 Å². The van der Waals surface area contributed by atoms with Gasteiger partial charge < -0.3 is 0 Å². The molecular formula is C74H50N4O2. The molecule has 0 saturated heterocycles. The van der Waals surface area contributed by atoms with Crippen LogP contribution >= 0.6 is 0 Å². The fourth-order valence-electron chi connectivity index (χ4n) is 11.9. The fraction of sp³-hybridized carbons (Fsp3) is 0.0270. The van der Waals surface area contributed by atoms with Crippen molar-refractivity contribution in [2.45, 2.75) is 13.8 Å². The van der Waals surface area contributed by atoms with Crippen LogP contribution in [-0.2, 0) is 0 Å². The Morgan fingerprint density at radius 3 is 1.20 bits per heavy atom. The molecule has 6 heteroatoms. The molecule has 10 aromatic carbocycles. The summed E-state index contributed by atoms with van der Waals surface area (Å²) in [6.07, 6.45) is 5.28. The molecule has 16 rings (SSSR count). The van der Waals surface area contributed by atoms with Crippen molar-refractivity contribution in [3.63, 3.8) is 0 Å². The molecule has 0 unspecified atom stereocenters. The van der Waals surface area contributed by atoms with E-state index in [1.807, 2.05) is 83.4 Å². The number of para-hydroxylation sites is 1. The molecule has 0 atom stereocenters. The summed E-state index contributed by atoms with van der Waals surface area (Å²) in [7, 11) is 0. The first-order valence-electron chi connectivity index (χ1n) is 27.2. The first kappa shape index (κ1) is 47.9. The monoisotopic (exact) mass is 1030 g/mol. The third-order valence-corrected chi connectivity index (χ3v) is 15.6. The molecule has 80 heavy (non-hydrogen) atoms. The van der Waals surface area contributed by atoms with Crippen LogP contribution in [0.2, 0.25) is 0 Å². The van der Waals surface area contributed by atoms with Crippen LogP contribution < -0.4 is 11.1 Å². The van der Waals surface area contributed by atoms with Gasteiger partial charge in [0.05, 0.1) is 33.0 Å². The van der Waals surface area contributed by atoms with Gasteiger partial charge in [-0.3, -0.25) is 28.4 Å². The van der Waals surface area contributed by atoms with Crippen LogP contribution in [0.15, 0.2) is 277 Å². The lowest BCUT2D eigenvalue weighted by Crippen LogP contribution is -2.13. The second-order valence-electron chi connectivity index (χ2n) is 20.0. The highest BCUT2D eigenvalue weighted by Gasteiger charge is 2.20. The van der Waals surface area contributed by atoms with Gasteiger partial charge in [0, 0.05) is 56.3 Å². The minimum atomic E-state index is -0.0141. The maximum atomic E-state index is 13.9. The van der Waals surface area contributed by atoms with Crippen molar-refractivity contribution in [2.24, 2.45) is 0 Å². The van der Waals surface area contributed by atoms with Crippen molar-refractivity contribution in [1.29, 1.82) is 0 Å². The maximum absolute atomic E-state index is 13.9. The lowest BCUT2D eigenvalue weighted by molar-refractivity contribution is 1.20.